The highest BCUT2D eigenvalue weighted by atomic mass is 32.1. The Morgan fingerprint density at radius 3 is 2.91 bits per heavy atom. The molecule has 1 amide bonds. The van der Waals surface area contributed by atoms with Crippen molar-refractivity contribution in [2.75, 3.05) is 25.6 Å². The number of thiazole rings is 1. The SMILES string of the molecule is COc1cc(/C=C/C(=O)Nc2nc3c(s2)CN(Cc2ccccc2)CC3)ccc1OCC#N. The van der Waals surface area contributed by atoms with Crippen LogP contribution in [0.3, 0.4) is 0 Å². The predicted molar refractivity (Wildman–Crippen MR) is 128 cm³/mol. The third-order valence-corrected chi connectivity index (χ3v) is 6.19. The predicted octanol–water partition coefficient (Wildman–Crippen LogP) is 4.26. The number of nitriles is 1. The number of rotatable bonds is 8. The molecule has 7 nitrogen and oxygen atoms in total. The number of nitrogens with one attached hydrogen (secondary N) is 1. The van der Waals surface area contributed by atoms with E-state index in [1.54, 1.807) is 24.3 Å². The molecule has 168 valence electrons. The van der Waals surface area contributed by atoms with Gasteiger partial charge in [0.15, 0.2) is 23.2 Å². The number of amides is 1. The molecule has 0 unspecified atom stereocenters. The van der Waals surface area contributed by atoms with Crippen LogP contribution < -0.4 is 14.8 Å². The zero-order chi connectivity index (χ0) is 23.0. The molecule has 0 spiro atoms. The van der Waals surface area contributed by atoms with Gasteiger partial charge in [-0.2, -0.15) is 5.26 Å². The number of hydrogen-bond donors (Lipinski definition) is 1. The minimum atomic E-state index is -0.244. The zero-order valence-corrected chi connectivity index (χ0v) is 19.1. The maximum Gasteiger partial charge on any atom is 0.250 e. The Kier molecular flexibility index (Phi) is 7.35. The van der Waals surface area contributed by atoms with Crippen LogP contribution in [0, 0.1) is 11.3 Å². The minimum Gasteiger partial charge on any atom is -0.493 e. The molecule has 0 bridgehead atoms. The van der Waals surface area contributed by atoms with Gasteiger partial charge < -0.3 is 9.47 Å². The summed E-state index contributed by atoms with van der Waals surface area (Å²) in [6.45, 7) is 2.64. The topological polar surface area (TPSA) is 87.5 Å². The van der Waals surface area contributed by atoms with Crippen molar-refractivity contribution in [1.82, 2.24) is 9.88 Å². The highest BCUT2D eigenvalue weighted by Gasteiger charge is 2.21. The van der Waals surface area contributed by atoms with Crippen LogP contribution in [-0.4, -0.2) is 36.1 Å². The van der Waals surface area contributed by atoms with Gasteiger partial charge in [-0.1, -0.05) is 36.4 Å². The van der Waals surface area contributed by atoms with Crippen LogP contribution in [0.1, 0.15) is 21.7 Å². The fourth-order valence-electron chi connectivity index (χ4n) is 3.61. The lowest BCUT2D eigenvalue weighted by molar-refractivity contribution is -0.111. The molecule has 1 aliphatic rings. The maximum absolute atomic E-state index is 12.4. The number of benzene rings is 2. The number of methoxy groups -OCH3 is 1. The van der Waals surface area contributed by atoms with Crippen molar-refractivity contribution in [2.24, 2.45) is 0 Å². The molecule has 3 aromatic rings. The second-order valence-electron chi connectivity index (χ2n) is 7.51. The lowest BCUT2D eigenvalue weighted by Gasteiger charge is -2.25. The molecule has 0 saturated carbocycles. The highest BCUT2D eigenvalue weighted by molar-refractivity contribution is 7.15. The number of carbonyl (C=O) groups excluding carboxylic acids is 1. The first kappa shape index (κ1) is 22.5. The minimum absolute atomic E-state index is 0.0598. The van der Waals surface area contributed by atoms with Crippen LogP contribution in [-0.2, 0) is 24.3 Å². The summed E-state index contributed by atoms with van der Waals surface area (Å²) in [6.07, 6.45) is 4.04. The molecule has 0 fully saturated rings. The summed E-state index contributed by atoms with van der Waals surface area (Å²) in [6, 6.07) is 17.6. The number of ether oxygens (including phenoxy) is 2. The number of nitrogens with zero attached hydrogens (tertiary/aromatic N) is 3. The van der Waals surface area contributed by atoms with Crippen molar-refractivity contribution in [3.8, 4) is 17.6 Å². The van der Waals surface area contributed by atoms with Crippen molar-refractivity contribution in [2.45, 2.75) is 19.5 Å². The Morgan fingerprint density at radius 2 is 2.12 bits per heavy atom. The van der Waals surface area contributed by atoms with Crippen molar-refractivity contribution in [1.29, 1.82) is 5.26 Å². The summed E-state index contributed by atoms with van der Waals surface area (Å²) in [7, 11) is 1.53. The first-order chi connectivity index (χ1) is 16.1. The second-order valence-corrected chi connectivity index (χ2v) is 8.60. The van der Waals surface area contributed by atoms with E-state index in [1.807, 2.05) is 12.1 Å². The first-order valence-electron chi connectivity index (χ1n) is 10.6. The fraction of sp³-hybridized carbons (Fsp3) is 0.240. The van der Waals surface area contributed by atoms with Gasteiger partial charge in [0.1, 0.15) is 6.07 Å². The highest BCUT2D eigenvalue weighted by Crippen LogP contribution is 2.30. The van der Waals surface area contributed by atoms with E-state index in [2.05, 4.69) is 39.5 Å². The molecule has 0 saturated heterocycles. The lowest BCUT2D eigenvalue weighted by atomic mass is 10.1. The van der Waals surface area contributed by atoms with Gasteiger partial charge in [0.2, 0.25) is 5.91 Å². The summed E-state index contributed by atoms with van der Waals surface area (Å²) in [5, 5.41) is 12.2. The molecule has 2 aromatic carbocycles. The van der Waals surface area contributed by atoms with Crippen molar-refractivity contribution < 1.29 is 14.3 Å². The second kappa shape index (κ2) is 10.8. The van der Waals surface area contributed by atoms with E-state index in [1.165, 1.54) is 35.0 Å². The summed E-state index contributed by atoms with van der Waals surface area (Å²) in [4.78, 5) is 20.7. The van der Waals surface area contributed by atoms with Gasteiger partial charge in [-0.25, -0.2) is 4.98 Å². The average molecular weight is 461 g/mol. The number of carbonyl (C=O) groups is 1. The molecule has 4 rings (SSSR count). The van der Waals surface area contributed by atoms with Crippen molar-refractivity contribution in [3.05, 3.63) is 76.3 Å². The van der Waals surface area contributed by atoms with E-state index < -0.39 is 0 Å². The first-order valence-corrected chi connectivity index (χ1v) is 11.4. The molecule has 8 heteroatoms. The largest absolute Gasteiger partial charge is 0.493 e. The fourth-order valence-corrected chi connectivity index (χ4v) is 4.67. The Hall–Kier alpha value is -3.67. The number of aromatic nitrogens is 1. The van der Waals surface area contributed by atoms with E-state index in [0.29, 0.717) is 16.6 Å². The quantitative estimate of drug-likeness (QED) is 0.505. The van der Waals surface area contributed by atoms with Crippen molar-refractivity contribution in [3.63, 3.8) is 0 Å². The van der Waals surface area contributed by atoms with E-state index in [0.717, 1.165) is 37.3 Å². The molecule has 33 heavy (non-hydrogen) atoms. The normalized spacial score (nSPS) is 13.3. The summed E-state index contributed by atoms with van der Waals surface area (Å²) < 4.78 is 10.6. The summed E-state index contributed by atoms with van der Waals surface area (Å²) >= 11 is 1.53. The van der Waals surface area contributed by atoms with Crippen LogP contribution in [0.2, 0.25) is 0 Å². The van der Waals surface area contributed by atoms with Gasteiger partial charge in [0.05, 0.1) is 12.8 Å². The Labute approximate surface area is 196 Å². The molecule has 1 aliphatic heterocycles. The van der Waals surface area contributed by atoms with E-state index in [4.69, 9.17) is 14.7 Å². The molecule has 2 heterocycles. The maximum atomic E-state index is 12.4. The average Bonchev–Trinajstić information content (AvgIpc) is 3.23. The molecular formula is C25H24N4O3S. The summed E-state index contributed by atoms with van der Waals surface area (Å²) in [5.74, 6) is 0.738. The van der Waals surface area contributed by atoms with Crippen LogP contribution in [0.4, 0.5) is 5.13 Å². The number of anilines is 1. The number of hydrogen-bond acceptors (Lipinski definition) is 7. The molecule has 1 N–H and O–H groups in total. The van der Waals surface area contributed by atoms with Gasteiger partial charge in [0.25, 0.3) is 0 Å². The van der Waals surface area contributed by atoms with Crippen LogP contribution in [0.15, 0.2) is 54.6 Å². The van der Waals surface area contributed by atoms with Gasteiger partial charge in [0, 0.05) is 37.0 Å². The van der Waals surface area contributed by atoms with E-state index in [-0.39, 0.29) is 12.5 Å². The lowest BCUT2D eigenvalue weighted by Crippen LogP contribution is -2.29. The van der Waals surface area contributed by atoms with Gasteiger partial charge in [-0.05, 0) is 29.3 Å². The van der Waals surface area contributed by atoms with E-state index in [9.17, 15) is 4.79 Å². The van der Waals surface area contributed by atoms with Crippen molar-refractivity contribution >= 4 is 28.5 Å². The monoisotopic (exact) mass is 460 g/mol. The van der Waals surface area contributed by atoms with E-state index >= 15 is 0 Å². The van der Waals surface area contributed by atoms with Crippen LogP contribution in [0.25, 0.3) is 6.08 Å². The molecule has 0 aliphatic carbocycles. The van der Waals surface area contributed by atoms with Gasteiger partial charge in [-0.3, -0.25) is 15.0 Å². The standard InChI is InChI=1S/C25H24N4O3S/c1-31-22-15-18(7-9-21(22)32-14-12-26)8-10-24(30)28-25-27-20-11-13-29(17-23(20)33-25)16-19-5-3-2-4-6-19/h2-10,15H,11,13-14,16-17H2,1H3,(H,27,28,30)/b10-8+. The summed E-state index contributed by atoms with van der Waals surface area (Å²) in [5.41, 5.74) is 3.15. The molecule has 0 atom stereocenters. The third-order valence-electron chi connectivity index (χ3n) is 5.20. The Morgan fingerprint density at radius 1 is 1.27 bits per heavy atom. The van der Waals surface area contributed by atoms with Gasteiger partial charge >= 0.3 is 0 Å². The van der Waals surface area contributed by atoms with Crippen LogP contribution >= 0.6 is 11.3 Å². The third kappa shape index (κ3) is 5.98. The molecule has 0 radical (unpaired) electrons. The smallest absolute Gasteiger partial charge is 0.250 e. The number of fused-ring (bicyclic) bond motifs is 1. The Bertz CT molecular complexity index is 1180. The van der Waals surface area contributed by atoms with Crippen LogP contribution in [0.5, 0.6) is 11.5 Å². The van der Waals surface area contributed by atoms with Gasteiger partial charge in [-0.15, -0.1) is 11.3 Å². The Balaban J connectivity index is 1.35. The molecule has 1 aromatic heterocycles. The molecular weight excluding hydrogens is 436 g/mol. The zero-order valence-electron chi connectivity index (χ0n) is 18.3.